The summed E-state index contributed by atoms with van der Waals surface area (Å²) in [6.45, 7) is 1.79. The van der Waals surface area contributed by atoms with Crippen LogP contribution in [0.3, 0.4) is 0 Å². The van der Waals surface area contributed by atoms with E-state index >= 15 is 0 Å². The predicted molar refractivity (Wildman–Crippen MR) is 47.5 cm³/mol. The summed E-state index contributed by atoms with van der Waals surface area (Å²) in [7, 11) is 3.41. The molecule has 1 rings (SSSR count). The summed E-state index contributed by atoms with van der Waals surface area (Å²) in [6.07, 6.45) is 0. The minimum Gasteiger partial charge on any atom is -0.480 e. The van der Waals surface area contributed by atoms with Crippen LogP contribution in [0.25, 0.3) is 0 Å². The lowest BCUT2D eigenvalue weighted by Crippen LogP contribution is -2.26. The smallest absolute Gasteiger partial charge is 0.328 e. The van der Waals surface area contributed by atoms with Gasteiger partial charge in [0.1, 0.15) is 11.5 Å². The molecule has 0 aliphatic carbocycles. The monoisotopic (exact) mass is 183 g/mol. The normalized spacial score (nSPS) is 13.2. The highest BCUT2D eigenvalue weighted by Crippen LogP contribution is 2.20. The first-order chi connectivity index (χ1) is 6.02. The highest BCUT2D eigenvalue weighted by Gasteiger charge is 2.24. The predicted octanol–water partition coefficient (Wildman–Crippen LogP) is 1.28. The molecule has 0 saturated heterocycles. The van der Waals surface area contributed by atoms with Crippen LogP contribution in [-0.2, 0) is 4.79 Å². The number of carboxylic acids is 1. The third-order valence-corrected chi connectivity index (χ3v) is 1.78. The number of likely N-dealkylation sites (N-methyl/N-ethyl adjacent to an activating group) is 1. The molecule has 1 heterocycles. The van der Waals surface area contributed by atoms with Gasteiger partial charge in [0.2, 0.25) is 0 Å². The molecule has 1 atom stereocenters. The Morgan fingerprint density at radius 1 is 1.54 bits per heavy atom. The maximum atomic E-state index is 10.8. The van der Waals surface area contributed by atoms with Crippen LogP contribution in [0.5, 0.6) is 0 Å². The molecule has 72 valence electrons. The zero-order valence-electron chi connectivity index (χ0n) is 7.94. The molecule has 1 unspecified atom stereocenters. The molecular weight excluding hydrogens is 170 g/mol. The summed E-state index contributed by atoms with van der Waals surface area (Å²) in [5.41, 5.74) is 0. The molecule has 1 aromatic heterocycles. The number of rotatable bonds is 3. The standard InChI is InChI=1S/C9H13NO3/c1-6-4-5-7(13-6)8(9(11)12)10(2)3/h4-5,8H,1-3H3,(H,11,12). The zero-order valence-corrected chi connectivity index (χ0v) is 7.94. The van der Waals surface area contributed by atoms with Crippen molar-refractivity contribution < 1.29 is 14.3 Å². The SMILES string of the molecule is Cc1ccc(C(C(=O)O)N(C)C)o1. The first kappa shape index (κ1) is 9.80. The molecule has 0 aliphatic heterocycles. The second-order valence-electron chi connectivity index (χ2n) is 3.15. The van der Waals surface area contributed by atoms with Gasteiger partial charge in [0, 0.05) is 0 Å². The second-order valence-corrected chi connectivity index (χ2v) is 3.15. The molecule has 4 heteroatoms. The van der Waals surface area contributed by atoms with Crippen molar-refractivity contribution in [2.75, 3.05) is 14.1 Å². The number of carboxylic acid groups (broad SMARTS) is 1. The first-order valence-corrected chi connectivity index (χ1v) is 3.98. The Bertz CT molecular complexity index is 304. The molecular formula is C9H13NO3. The molecule has 13 heavy (non-hydrogen) atoms. The topological polar surface area (TPSA) is 53.7 Å². The summed E-state index contributed by atoms with van der Waals surface area (Å²) in [5, 5.41) is 8.90. The molecule has 0 aliphatic rings. The number of aryl methyl sites for hydroxylation is 1. The van der Waals surface area contributed by atoms with E-state index < -0.39 is 12.0 Å². The van der Waals surface area contributed by atoms with Gasteiger partial charge >= 0.3 is 5.97 Å². The highest BCUT2D eigenvalue weighted by atomic mass is 16.4. The van der Waals surface area contributed by atoms with Gasteiger partial charge in [-0.05, 0) is 33.2 Å². The van der Waals surface area contributed by atoms with E-state index in [0.717, 1.165) is 5.76 Å². The van der Waals surface area contributed by atoms with Gasteiger partial charge in [-0.25, -0.2) is 0 Å². The Labute approximate surface area is 76.8 Å². The van der Waals surface area contributed by atoms with Crippen molar-refractivity contribution in [1.82, 2.24) is 4.90 Å². The van der Waals surface area contributed by atoms with Crippen LogP contribution in [0.4, 0.5) is 0 Å². The lowest BCUT2D eigenvalue weighted by atomic mass is 10.2. The Hall–Kier alpha value is -1.29. The number of nitrogens with zero attached hydrogens (tertiary/aromatic N) is 1. The largest absolute Gasteiger partial charge is 0.480 e. The molecule has 0 aromatic carbocycles. The van der Waals surface area contributed by atoms with Gasteiger partial charge in [-0.1, -0.05) is 0 Å². The fourth-order valence-electron chi connectivity index (χ4n) is 1.20. The number of aliphatic carboxylic acids is 1. The van der Waals surface area contributed by atoms with Crippen molar-refractivity contribution in [2.24, 2.45) is 0 Å². The van der Waals surface area contributed by atoms with E-state index in [1.165, 1.54) is 0 Å². The zero-order chi connectivity index (χ0) is 10.0. The van der Waals surface area contributed by atoms with Crippen molar-refractivity contribution in [3.8, 4) is 0 Å². The van der Waals surface area contributed by atoms with Gasteiger partial charge < -0.3 is 9.52 Å². The van der Waals surface area contributed by atoms with E-state index in [1.54, 1.807) is 38.1 Å². The number of hydrogen-bond acceptors (Lipinski definition) is 3. The number of hydrogen-bond donors (Lipinski definition) is 1. The van der Waals surface area contributed by atoms with Gasteiger partial charge in [0.15, 0.2) is 6.04 Å². The van der Waals surface area contributed by atoms with Gasteiger partial charge in [-0.15, -0.1) is 0 Å². The van der Waals surface area contributed by atoms with Crippen LogP contribution in [-0.4, -0.2) is 30.1 Å². The lowest BCUT2D eigenvalue weighted by molar-refractivity contribution is -0.143. The van der Waals surface area contributed by atoms with Gasteiger partial charge in [0.25, 0.3) is 0 Å². The molecule has 0 spiro atoms. The Morgan fingerprint density at radius 3 is 2.46 bits per heavy atom. The first-order valence-electron chi connectivity index (χ1n) is 3.98. The lowest BCUT2D eigenvalue weighted by Gasteiger charge is -2.17. The average molecular weight is 183 g/mol. The maximum Gasteiger partial charge on any atom is 0.328 e. The Morgan fingerprint density at radius 2 is 2.15 bits per heavy atom. The van der Waals surface area contributed by atoms with Crippen molar-refractivity contribution in [1.29, 1.82) is 0 Å². The van der Waals surface area contributed by atoms with Crippen LogP contribution in [0.2, 0.25) is 0 Å². The van der Waals surface area contributed by atoms with Crippen LogP contribution >= 0.6 is 0 Å². The van der Waals surface area contributed by atoms with E-state index in [4.69, 9.17) is 9.52 Å². The van der Waals surface area contributed by atoms with E-state index in [1.807, 2.05) is 0 Å². The van der Waals surface area contributed by atoms with E-state index in [2.05, 4.69) is 0 Å². The molecule has 0 amide bonds. The fourth-order valence-corrected chi connectivity index (χ4v) is 1.20. The quantitative estimate of drug-likeness (QED) is 0.766. The Kier molecular flexibility index (Phi) is 2.72. The molecule has 1 aromatic rings. The molecule has 0 fully saturated rings. The summed E-state index contributed by atoms with van der Waals surface area (Å²) in [4.78, 5) is 12.4. The number of carbonyl (C=O) groups is 1. The third-order valence-electron chi connectivity index (χ3n) is 1.78. The van der Waals surface area contributed by atoms with Crippen LogP contribution < -0.4 is 0 Å². The second kappa shape index (κ2) is 3.62. The summed E-state index contributed by atoms with van der Waals surface area (Å²) >= 11 is 0. The van der Waals surface area contributed by atoms with Crippen molar-refractivity contribution in [2.45, 2.75) is 13.0 Å². The molecule has 1 N–H and O–H groups in total. The van der Waals surface area contributed by atoms with Crippen molar-refractivity contribution >= 4 is 5.97 Å². The average Bonchev–Trinajstić information content (AvgIpc) is 2.34. The number of furan rings is 1. The van der Waals surface area contributed by atoms with Crippen LogP contribution in [0.15, 0.2) is 16.5 Å². The maximum absolute atomic E-state index is 10.8. The van der Waals surface area contributed by atoms with Gasteiger partial charge in [-0.2, -0.15) is 0 Å². The molecule has 0 saturated carbocycles. The molecule has 0 radical (unpaired) electrons. The minimum atomic E-state index is -0.903. The minimum absolute atomic E-state index is 0.468. The van der Waals surface area contributed by atoms with Crippen LogP contribution in [0, 0.1) is 6.92 Å². The summed E-state index contributed by atoms with van der Waals surface area (Å²) < 4.78 is 5.25. The summed E-state index contributed by atoms with van der Waals surface area (Å²) in [6, 6.07) is 2.75. The third kappa shape index (κ3) is 2.09. The Balaban J connectivity index is 2.95. The van der Waals surface area contributed by atoms with Crippen LogP contribution in [0.1, 0.15) is 17.6 Å². The molecule has 0 bridgehead atoms. The highest BCUT2D eigenvalue weighted by molar-refractivity contribution is 5.74. The van der Waals surface area contributed by atoms with Gasteiger partial charge in [-0.3, -0.25) is 9.69 Å². The van der Waals surface area contributed by atoms with E-state index in [9.17, 15) is 4.79 Å². The van der Waals surface area contributed by atoms with Gasteiger partial charge in [0.05, 0.1) is 0 Å². The fraction of sp³-hybridized carbons (Fsp3) is 0.444. The summed E-state index contributed by atoms with van der Waals surface area (Å²) in [5.74, 6) is 0.289. The van der Waals surface area contributed by atoms with E-state index in [-0.39, 0.29) is 0 Å². The molecule has 4 nitrogen and oxygen atoms in total. The van der Waals surface area contributed by atoms with E-state index in [0.29, 0.717) is 5.76 Å². The van der Waals surface area contributed by atoms with Crippen molar-refractivity contribution in [3.05, 3.63) is 23.7 Å². The van der Waals surface area contributed by atoms with Crippen molar-refractivity contribution in [3.63, 3.8) is 0 Å².